The van der Waals surface area contributed by atoms with Crippen LogP contribution in [0.25, 0.3) is 5.57 Å². The van der Waals surface area contributed by atoms with E-state index in [1.165, 1.54) is 16.7 Å². The SMILES string of the molecule is CCc1ccc(/C(C)=C/C=C\S)cc1. The maximum absolute atomic E-state index is 4.01. The predicted octanol–water partition coefficient (Wildman–Crippen LogP) is 4.10. The number of hydrogen-bond acceptors (Lipinski definition) is 1. The largest absolute Gasteiger partial charge is 0.151 e. The number of thiol groups is 1. The summed E-state index contributed by atoms with van der Waals surface area (Å²) in [5.41, 5.74) is 3.91. The van der Waals surface area contributed by atoms with Crippen molar-refractivity contribution in [3.63, 3.8) is 0 Å². The van der Waals surface area contributed by atoms with Gasteiger partial charge in [0.25, 0.3) is 0 Å². The molecule has 0 radical (unpaired) electrons. The summed E-state index contributed by atoms with van der Waals surface area (Å²) < 4.78 is 0. The zero-order valence-electron chi connectivity index (χ0n) is 8.70. The second kappa shape index (κ2) is 5.71. The van der Waals surface area contributed by atoms with Gasteiger partial charge in [0.2, 0.25) is 0 Å². The molecular weight excluding hydrogens is 188 g/mol. The summed E-state index contributed by atoms with van der Waals surface area (Å²) in [6, 6.07) is 8.68. The van der Waals surface area contributed by atoms with Crippen molar-refractivity contribution in [2.24, 2.45) is 0 Å². The second-order valence-corrected chi connectivity index (χ2v) is 3.54. The van der Waals surface area contributed by atoms with Crippen LogP contribution in [0.5, 0.6) is 0 Å². The number of allylic oxidation sites excluding steroid dienone is 3. The number of aryl methyl sites for hydroxylation is 1. The molecule has 1 aromatic carbocycles. The summed E-state index contributed by atoms with van der Waals surface area (Å²) in [5, 5.41) is 1.74. The maximum atomic E-state index is 4.01. The van der Waals surface area contributed by atoms with Crippen LogP contribution in [-0.4, -0.2) is 0 Å². The molecule has 0 nitrogen and oxygen atoms in total. The fraction of sp³-hybridized carbons (Fsp3) is 0.231. The minimum Gasteiger partial charge on any atom is -0.151 e. The van der Waals surface area contributed by atoms with Gasteiger partial charge in [0, 0.05) is 0 Å². The maximum Gasteiger partial charge on any atom is -0.0227 e. The minimum absolute atomic E-state index is 1.10. The molecule has 0 N–H and O–H groups in total. The quantitative estimate of drug-likeness (QED) is 0.556. The third-order valence-corrected chi connectivity index (χ3v) is 2.42. The van der Waals surface area contributed by atoms with Crippen LogP contribution in [0.15, 0.2) is 41.8 Å². The first kappa shape index (κ1) is 11.1. The van der Waals surface area contributed by atoms with Gasteiger partial charge in [0.05, 0.1) is 0 Å². The predicted molar refractivity (Wildman–Crippen MR) is 67.6 cm³/mol. The van der Waals surface area contributed by atoms with E-state index < -0.39 is 0 Å². The normalized spacial score (nSPS) is 12.4. The van der Waals surface area contributed by atoms with Gasteiger partial charge in [-0.25, -0.2) is 0 Å². The highest BCUT2D eigenvalue weighted by atomic mass is 32.1. The molecule has 0 aromatic heterocycles. The van der Waals surface area contributed by atoms with Gasteiger partial charge in [-0.15, -0.1) is 0 Å². The molecule has 0 atom stereocenters. The smallest absolute Gasteiger partial charge is 0.0227 e. The average molecular weight is 204 g/mol. The van der Waals surface area contributed by atoms with Crippen molar-refractivity contribution < 1.29 is 0 Å². The van der Waals surface area contributed by atoms with Crippen LogP contribution >= 0.6 is 12.6 Å². The van der Waals surface area contributed by atoms with Crippen LogP contribution < -0.4 is 0 Å². The van der Waals surface area contributed by atoms with Gasteiger partial charge < -0.3 is 0 Å². The Morgan fingerprint density at radius 2 is 1.93 bits per heavy atom. The Bertz CT molecular complexity index is 331. The first-order chi connectivity index (χ1) is 6.77. The molecule has 0 heterocycles. The first-order valence-electron chi connectivity index (χ1n) is 4.85. The Morgan fingerprint density at radius 3 is 2.43 bits per heavy atom. The summed E-state index contributed by atoms with van der Waals surface area (Å²) in [7, 11) is 0. The van der Waals surface area contributed by atoms with Crippen molar-refractivity contribution in [3.8, 4) is 0 Å². The van der Waals surface area contributed by atoms with Crippen molar-refractivity contribution in [3.05, 3.63) is 53.0 Å². The van der Waals surface area contributed by atoms with E-state index in [0.717, 1.165) is 6.42 Å². The summed E-state index contributed by atoms with van der Waals surface area (Å²) in [6.45, 7) is 4.27. The van der Waals surface area contributed by atoms with Crippen molar-refractivity contribution in [1.82, 2.24) is 0 Å². The van der Waals surface area contributed by atoms with Gasteiger partial charge in [-0.1, -0.05) is 43.3 Å². The number of rotatable bonds is 3. The van der Waals surface area contributed by atoms with Gasteiger partial charge in [0.15, 0.2) is 0 Å². The van der Waals surface area contributed by atoms with Gasteiger partial charge in [-0.3, -0.25) is 0 Å². The Kier molecular flexibility index (Phi) is 4.54. The Balaban J connectivity index is 2.86. The molecule has 0 amide bonds. The van der Waals surface area contributed by atoms with Crippen molar-refractivity contribution in [2.75, 3.05) is 0 Å². The van der Waals surface area contributed by atoms with Crippen LogP contribution in [0.4, 0.5) is 0 Å². The molecule has 1 aromatic rings. The topological polar surface area (TPSA) is 0 Å². The molecule has 0 aliphatic heterocycles. The van der Waals surface area contributed by atoms with Crippen molar-refractivity contribution in [1.29, 1.82) is 0 Å². The standard InChI is InChI=1S/C13H16S/c1-3-12-6-8-13(9-7-12)11(2)5-4-10-14/h4-10,14H,3H2,1-2H3/b10-4-,11-5+. The zero-order valence-corrected chi connectivity index (χ0v) is 9.59. The Morgan fingerprint density at radius 1 is 1.29 bits per heavy atom. The molecule has 0 saturated carbocycles. The summed E-state index contributed by atoms with van der Waals surface area (Å²) in [6.07, 6.45) is 5.10. The summed E-state index contributed by atoms with van der Waals surface area (Å²) in [5.74, 6) is 0. The van der Waals surface area contributed by atoms with Crippen molar-refractivity contribution in [2.45, 2.75) is 20.3 Å². The number of benzene rings is 1. The molecule has 0 unspecified atom stereocenters. The molecule has 14 heavy (non-hydrogen) atoms. The van der Waals surface area contributed by atoms with E-state index in [1.807, 2.05) is 6.08 Å². The molecule has 0 aliphatic carbocycles. The van der Waals surface area contributed by atoms with E-state index >= 15 is 0 Å². The van der Waals surface area contributed by atoms with Crippen LogP contribution in [-0.2, 0) is 6.42 Å². The molecule has 0 bridgehead atoms. The fourth-order valence-corrected chi connectivity index (χ4v) is 1.37. The highest BCUT2D eigenvalue weighted by molar-refractivity contribution is 7.83. The van der Waals surface area contributed by atoms with Gasteiger partial charge in [-0.2, -0.15) is 12.6 Å². The molecular formula is C13H16S. The van der Waals surface area contributed by atoms with E-state index in [4.69, 9.17) is 0 Å². The summed E-state index contributed by atoms with van der Waals surface area (Å²) >= 11 is 4.01. The van der Waals surface area contributed by atoms with Crippen LogP contribution in [0.3, 0.4) is 0 Å². The van der Waals surface area contributed by atoms with Gasteiger partial charge >= 0.3 is 0 Å². The van der Waals surface area contributed by atoms with E-state index in [9.17, 15) is 0 Å². The molecule has 0 fully saturated rings. The lowest BCUT2D eigenvalue weighted by Crippen LogP contribution is -1.82. The first-order valence-corrected chi connectivity index (χ1v) is 5.36. The number of hydrogen-bond donors (Lipinski definition) is 1. The lowest BCUT2D eigenvalue weighted by molar-refractivity contribution is 1.14. The molecule has 1 heteroatoms. The average Bonchev–Trinajstić information content (AvgIpc) is 2.26. The van der Waals surface area contributed by atoms with Crippen molar-refractivity contribution >= 4 is 18.2 Å². The molecule has 1 rings (SSSR count). The van der Waals surface area contributed by atoms with E-state index in [-0.39, 0.29) is 0 Å². The molecule has 0 aliphatic rings. The lowest BCUT2D eigenvalue weighted by Gasteiger charge is -2.01. The Hall–Kier alpha value is -0.950. The van der Waals surface area contributed by atoms with Crippen LogP contribution in [0.2, 0.25) is 0 Å². The highest BCUT2D eigenvalue weighted by Crippen LogP contribution is 2.14. The molecule has 0 saturated heterocycles. The second-order valence-electron chi connectivity index (χ2n) is 3.24. The molecule has 0 spiro atoms. The molecule has 74 valence electrons. The monoisotopic (exact) mass is 204 g/mol. The van der Waals surface area contributed by atoms with E-state index in [1.54, 1.807) is 5.41 Å². The lowest BCUT2D eigenvalue weighted by atomic mass is 10.0. The van der Waals surface area contributed by atoms with Gasteiger partial charge in [-0.05, 0) is 35.5 Å². The van der Waals surface area contributed by atoms with Crippen LogP contribution in [0, 0.1) is 0 Å². The highest BCUT2D eigenvalue weighted by Gasteiger charge is 1.94. The van der Waals surface area contributed by atoms with Gasteiger partial charge in [0.1, 0.15) is 0 Å². The van der Waals surface area contributed by atoms with Crippen LogP contribution in [0.1, 0.15) is 25.0 Å². The van der Waals surface area contributed by atoms with E-state index in [0.29, 0.717) is 0 Å². The zero-order chi connectivity index (χ0) is 10.4. The third-order valence-electron chi connectivity index (χ3n) is 2.25. The minimum atomic E-state index is 1.10. The summed E-state index contributed by atoms with van der Waals surface area (Å²) in [4.78, 5) is 0. The fourth-order valence-electron chi connectivity index (χ4n) is 1.29. The van der Waals surface area contributed by atoms with E-state index in [2.05, 4.69) is 56.8 Å². The Labute approximate surface area is 91.8 Å². The third kappa shape index (κ3) is 3.08.